The van der Waals surface area contributed by atoms with Crippen molar-refractivity contribution < 1.29 is 9.60 Å². The molecule has 2 N–H and O–H groups in total. The molecular formula is C22H26FN4OP. The van der Waals surface area contributed by atoms with E-state index < -0.39 is 12.7 Å². The van der Waals surface area contributed by atoms with E-state index in [4.69, 9.17) is 5.26 Å². The molecule has 5 nitrogen and oxygen atoms in total. The Labute approximate surface area is 174 Å². The van der Waals surface area contributed by atoms with Gasteiger partial charge in [-0.15, -0.1) is 9.24 Å². The third-order valence-corrected chi connectivity index (χ3v) is 5.01. The molecule has 2 atom stereocenters. The van der Waals surface area contributed by atoms with Crippen LogP contribution in [-0.2, 0) is 0 Å². The van der Waals surface area contributed by atoms with Crippen molar-refractivity contribution in [3.8, 4) is 12.1 Å². The van der Waals surface area contributed by atoms with Crippen molar-refractivity contribution in [1.29, 1.82) is 10.5 Å². The lowest BCUT2D eigenvalue weighted by atomic mass is 9.93. The van der Waals surface area contributed by atoms with Crippen molar-refractivity contribution >= 4 is 14.8 Å². The van der Waals surface area contributed by atoms with E-state index in [1.807, 2.05) is 20.8 Å². The third-order valence-electron chi connectivity index (χ3n) is 4.44. The molecule has 0 aromatic heterocycles. The van der Waals surface area contributed by atoms with E-state index in [1.54, 1.807) is 30.4 Å². The highest BCUT2D eigenvalue weighted by Crippen LogP contribution is 2.26. The van der Waals surface area contributed by atoms with Crippen molar-refractivity contribution in [3.63, 3.8) is 0 Å². The van der Waals surface area contributed by atoms with E-state index in [0.717, 1.165) is 27.4 Å². The van der Waals surface area contributed by atoms with Crippen molar-refractivity contribution in [2.75, 3.05) is 12.8 Å². The molecule has 0 spiro atoms. The molecule has 0 amide bonds. The van der Waals surface area contributed by atoms with Gasteiger partial charge in [0.15, 0.2) is 0 Å². The molecule has 0 bridgehead atoms. The lowest BCUT2D eigenvalue weighted by Gasteiger charge is -2.23. The number of halogens is 1. The van der Waals surface area contributed by atoms with Crippen LogP contribution in [0.15, 0.2) is 59.8 Å². The number of nitrogens with one attached hydrogen (secondary N) is 1. The van der Waals surface area contributed by atoms with Gasteiger partial charge in [-0.1, -0.05) is 18.7 Å². The maximum Gasteiger partial charge on any atom is 0.107 e. The lowest BCUT2D eigenvalue weighted by molar-refractivity contribution is -0.108. The topological polar surface area (TPSA) is 83.1 Å². The highest BCUT2D eigenvalue weighted by molar-refractivity contribution is 7.16. The van der Waals surface area contributed by atoms with Gasteiger partial charge in [-0.05, 0) is 73.5 Å². The second-order valence-electron chi connectivity index (χ2n) is 6.43. The van der Waals surface area contributed by atoms with Crippen molar-refractivity contribution in [2.45, 2.75) is 26.8 Å². The fraction of sp³-hybridized carbons (Fsp3) is 0.273. The highest BCUT2D eigenvalue weighted by atomic mass is 31.0. The van der Waals surface area contributed by atoms with Crippen LogP contribution < -0.4 is 5.43 Å². The zero-order valence-electron chi connectivity index (χ0n) is 16.9. The van der Waals surface area contributed by atoms with Crippen LogP contribution >= 0.6 is 9.24 Å². The zero-order valence-corrected chi connectivity index (χ0v) is 18.1. The van der Waals surface area contributed by atoms with E-state index in [1.165, 1.54) is 6.08 Å². The average Bonchev–Trinajstić information content (AvgIpc) is 2.73. The number of nitriles is 2. The summed E-state index contributed by atoms with van der Waals surface area (Å²) in [5.74, 6) is 0. The number of benzene rings is 1. The molecule has 2 unspecified atom stereocenters. The van der Waals surface area contributed by atoms with Crippen LogP contribution in [0.2, 0.25) is 0 Å². The zero-order chi connectivity index (χ0) is 22.0. The molecule has 1 aromatic rings. The van der Waals surface area contributed by atoms with E-state index in [0.29, 0.717) is 23.0 Å². The first-order valence-electron chi connectivity index (χ1n) is 8.97. The average molecular weight is 412 g/mol. The minimum atomic E-state index is -0.628. The van der Waals surface area contributed by atoms with Crippen LogP contribution in [0.3, 0.4) is 0 Å². The van der Waals surface area contributed by atoms with E-state index >= 15 is 0 Å². The molecule has 0 heterocycles. The number of hydroxylamine groups is 1. The maximum atomic E-state index is 12.8. The third kappa shape index (κ3) is 6.66. The summed E-state index contributed by atoms with van der Waals surface area (Å²) < 4.78 is 12.8. The number of hydrogen-bond acceptors (Lipinski definition) is 5. The van der Waals surface area contributed by atoms with Gasteiger partial charge in [0.05, 0.1) is 28.9 Å². The Hall–Kier alpha value is -2.76. The van der Waals surface area contributed by atoms with Crippen molar-refractivity contribution in [2.24, 2.45) is 0 Å². The van der Waals surface area contributed by atoms with Gasteiger partial charge in [0.1, 0.15) is 12.7 Å². The van der Waals surface area contributed by atoms with Crippen LogP contribution in [0.5, 0.6) is 0 Å². The fourth-order valence-electron chi connectivity index (χ4n) is 2.52. The Morgan fingerprint density at radius 3 is 2.55 bits per heavy atom. The molecule has 0 aliphatic carbocycles. The monoisotopic (exact) mass is 412 g/mol. The van der Waals surface area contributed by atoms with Gasteiger partial charge in [-0.3, -0.25) is 5.21 Å². The smallest absolute Gasteiger partial charge is 0.107 e. The number of nitrogens with zero attached hydrogens (tertiary/aromatic N) is 3. The summed E-state index contributed by atoms with van der Waals surface area (Å²) in [4.78, 5) is 0. The minimum Gasteiger partial charge on any atom is -0.273 e. The first-order chi connectivity index (χ1) is 13.8. The molecule has 0 saturated carbocycles. The SMILES string of the molecule is C=C\C(=C/C=C(C)/C(C)=C(\C#N)c1ccc(C#N)cc1C)N(O)NC(CF)CP. The Balaban J connectivity index is 3.24. The second kappa shape index (κ2) is 11.9. The number of alkyl halides is 1. The maximum absolute atomic E-state index is 12.8. The van der Waals surface area contributed by atoms with Crippen molar-refractivity contribution in [1.82, 2.24) is 10.6 Å². The Morgan fingerprint density at radius 1 is 1.38 bits per heavy atom. The van der Waals surface area contributed by atoms with Crippen LogP contribution in [0, 0.1) is 29.6 Å². The summed E-state index contributed by atoms with van der Waals surface area (Å²) in [7, 11) is 2.42. The Bertz CT molecular complexity index is 918. The predicted molar refractivity (Wildman–Crippen MR) is 117 cm³/mol. The molecule has 152 valence electrons. The summed E-state index contributed by atoms with van der Waals surface area (Å²) in [6.07, 6.45) is 5.24. The molecule has 0 radical (unpaired) electrons. The molecule has 0 aliphatic heterocycles. The molecule has 29 heavy (non-hydrogen) atoms. The van der Waals surface area contributed by atoms with E-state index in [2.05, 4.69) is 33.4 Å². The Morgan fingerprint density at radius 2 is 2.07 bits per heavy atom. The highest BCUT2D eigenvalue weighted by Gasteiger charge is 2.12. The fourth-order valence-corrected chi connectivity index (χ4v) is 2.75. The van der Waals surface area contributed by atoms with E-state index in [-0.39, 0.29) is 0 Å². The quantitative estimate of drug-likeness (QED) is 0.268. The summed E-state index contributed by atoms with van der Waals surface area (Å²) >= 11 is 0. The predicted octanol–water partition coefficient (Wildman–Crippen LogP) is 4.59. The van der Waals surface area contributed by atoms with Crippen LogP contribution in [0.4, 0.5) is 4.39 Å². The molecule has 7 heteroatoms. The molecule has 1 rings (SSSR count). The number of hydrogen-bond donors (Lipinski definition) is 2. The van der Waals surface area contributed by atoms with Gasteiger partial charge >= 0.3 is 0 Å². The molecular weight excluding hydrogens is 386 g/mol. The van der Waals surface area contributed by atoms with Crippen LogP contribution in [0.25, 0.3) is 5.57 Å². The standard InChI is InChI=1S/C22H26FN4OP/c1-5-20(27(28)26-19(11-23)14-29)8-6-15(2)17(4)22(13-25)21-9-7-18(12-24)10-16(21)3/h5-10,19,26,28H,1,11,14,29H2,2-4H3/b15-6+,20-8+,22-17+. The van der Waals surface area contributed by atoms with Crippen molar-refractivity contribution in [3.05, 3.63) is 76.5 Å². The second-order valence-corrected chi connectivity index (χ2v) is 6.90. The van der Waals surface area contributed by atoms with Gasteiger partial charge in [-0.2, -0.15) is 15.7 Å². The normalized spacial score (nSPS) is 13.8. The largest absolute Gasteiger partial charge is 0.273 e. The first kappa shape index (κ1) is 24.3. The minimum absolute atomic E-state index is 0.335. The van der Waals surface area contributed by atoms with Gasteiger partial charge in [0.25, 0.3) is 0 Å². The van der Waals surface area contributed by atoms with Crippen LogP contribution in [0.1, 0.15) is 30.5 Å². The number of hydrazine groups is 1. The number of rotatable bonds is 9. The summed E-state index contributed by atoms with van der Waals surface area (Å²) in [6.45, 7) is 8.58. The molecule has 0 saturated heterocycles. The van der Waals surface area contributed by atoms with Crippen LogP contribution in [-0.4, -0.2) is 29.3 Å². The first-order valence-corrected chi connectivity index (χ1v) is 9.79. The van der Waals surface area contributed by atoms with Gasteiger partial charge in [0.2, 0.25) is 0 Å². The Kier molecular flexibility index (Phi) is 10.00. The summed E-state index contributed by atoms with van der Waals surface area (Å²) in [5.41, 5.74) is 7.20. The molecule has 1 aromatic carbocycles. The van der Waals surface area contributed by atoms with Gasteiger partial charge < -0.3 is 0 Å². The summed E-state index contributed by atoms with van der Waals surface area (Å²) in [6, 6.07) is 9.00. The number of allylic oxidation sites excluding steroid dienone is 6. The van der Waals surface area contributed by atoms with Gasteiger partial charge in [-0.25, -0.2) is 9.82 Å². The number of aryl methyl sites for hydroxylation is 1. The van der Waals surface area contributed by atoms with Gasteiger partial charge in [0, 0.05) is 0 Å². The lowest BCUT2D eigenvalue weighted by Crippen LogP contribution is -2.43. The molecule has 0 aliphatic rings. The van der Waals surface area contributed by atoms with E-state index in [9.17, 15) is 14.9 Å². The summed E-state index contributed by atoms with van der Waals surface area (Å²) in [5, 5.41) is 29.5. The molecule has 0 fully saturated rings.